The zero-order valence-electron chi connectivity index (χ0n) is 19.7. The average molecular weight is 525 g/mol. The van der Waals surface area contributed by atoms with Gasteiger partial charge in [-0.3, -0.25) is 9.68 Å². The van der Waals surface area contributed by atoms with Crippen molar-refractivity contribution in [2.75, 3.05) is 25.1 Å². The highest BCUT2D eigenvalue weighted by atomic mass is 35.5. The fourth-order valence-electron chi connectivity index (χ4n) is 4.17. The largest absolute Gasteiger partial charge is 0.367 e. The van der Waals surface area contributed by atoms with Gasteiger partial charge in [-0.2, -0.15) is 4.89 Å². The molecule has 36 heavy (non-hydrogen) atoms. The molecule has 4 rings (SSSR count). The number of rotatable bonds is 8. The summed E-state index contributed by atoms with van der Waals surface area (Å²) in [6.07, 6.45) is 3.39. The first kappa shape index (κ1) is 25.8. The van der Waals surface area contributed by atoms with Gasteiger partial charge in [-0.25, -0.2) is 4.79 Å². The van der Waals surface area contributed by atoms with Gasteiger partial charge < -0.3 is 10.2 Å². The van der Waals surface area contributed by atoms with Crippen LogP contribution < -0.4 is 10.2 Å². The van der Waals surface area contributed by atoms with Gasteiger partial charge in [0, 0.05) is 25.2 Å². The fourth-order valence-corrected chi connectivity index (χ4v) is 4.74. The standard InChI is InChI=1S/C28H26Cl2N2O4/c1-35-36-28(34)25(31-27(33)26-23(29)8-5-9-24(26)30)18-19-10-12-20(13-11-19)21-14-16-32(17-15-21)22-6-3-2-4-7-22/h2-14,25H,15-18H2,1H3,(H,31,33)/t25-/m0/s1. The molecule has 1 aliphatic heterocycles. The highest BCUT2D eigenvalue weighted by Crippen LogP contribution is 2.27. The lowest BCUT2D eigenvalue weighted by atomic mass is 9.96. The van der Waals surface area contributed by atoms with Crippen molar-refractivity contribution in [1.29, 1.82) is 0 Å². The molecule has 6 nitrogen and oxygen atoms in total. The summed E-state index contributed by atoms with van der Waals surface area (Å²) in [7, 11) is 1.23. The molecule has 0 saturated carbocycles. The number of benzene rings is 3. The van der Waals surface area contributed by atoms with Gasteiger partial charge in [0.15, 0.2) is 0 Å². The molecule has 8 heteroatoms. The van der Waals surface area contributed by atoms with Crippen LogP contribution in [0.25, 0.3) is 5.57 Å². The van der Waals surface area contributed by atoms with Gasteiger partial charge in [0.05, 0.1) is 22.7 Å². The lowest BCUT2D eigenvalue weighted by Gasteiger charge is -2.28. The predicted octanol–water partition coefficient (Wildman–Crippen LogP) is 5.73. The first-order chi connectivity index (χ1) is 17.5. The molecule has 1 atom stereocenters. The van der Waals surface area contributed by atoms with E-state index in [-0.39, 0.29) is 22.0 Å². The van der Waals surface area contributed by atoms with Crippen LogP contribution in [0.3, 0.4) is 0 Å². The van der Waals surface area contributed by atoms with Crippen LogP contribution in [0.15, 0.2) is 78.9 Å². The highest BCUT2D eigenvalue weighted by molar-refractivity contribution is 6.39. The summed E-state index contributed by atoms with van der Waals surface area (Å²) in [4.78, 5) is 36.9. The van der Waals surface area contributed by atoms with Crippen LogP contribution >= 0.6 is 23.2 Å². The maximum atomic E-state index is 12.8. The van der Waals surface area contributed by atoms with Gasteiger partial charge in [0.1, 0.15) is 6.04 Å². The molecule has 0 fully saturated rings. The van der Waals surface area contributed by atoms with Crippen molar-refractivity contribution in [3.63, 3.8) is 0 Å². The Labute approximate surface area is 220 Å². The molecule has 0 unspecified atom stereocenters. The SMILES string of the molecule is COOC(=O)[C@H](Cc1ccc(C2=CCN(c3ccccc3)CC2)cc1)NC(=O)c1c(Cl)cccc1Cl. The molecular formula is C28H26Cl2N2O4. The van der Waals surface area contributed by atoms with E-state index in [4.69, 9.17) is 28.1 Å². The lowest BCUT2D eigenvalue weighted by Crippen LogP contribution is -2.43. The minimum absolute atomic E-state index is 0.0974. The Balaban J connectivity index is 1.44. The average Bonchev–Trinajstić information content (AvgIpc) is 2.89. The Morgan fingerprint density at radius 3 is 2.28 bits per heavy atom. The van der Waals surface area contributed by atoms with Crippen molar-refractivity contribution < 1.29 is 19.4 Å². The highest BCUT2D eigenvalue weighted by Gasteiger charge is 2.26. The monoisotopic (exact) mass is 524 g/mol. The maximum absolute atomic E-state index is 12.8. The minimum atomic E-state index is -0.996. The van der Waals surface area contributed by atoms with E-state index < -0.39 is 17.9 Å². The van der Waals surface area contributed by atoms with Gasteiger partial charge in [-0.05, 0) is 47.4 Å². The third-order valence-electron chi connectivity index (χ3n) is 6.04. The van der Waals surface area contributed by atoms with Crippen LogP contribution in [0.2, 0.25) is 10.0 Å². The van der Waals surface area contributed by atoms with Crippen molar-refractivity contribution in [1.82, 2.24) is 5.32 Å². The minimum Gasteiger partial charge on any atom is -0.367 e. The first-order valence-electron chi connectivity index (χ1n) is 11.5. The van der Waals surface area contributed by atoms with Gasteiger partial charge in [-0.1, -0.05) is 77.8 Å². The summed E-state index contributed by atoms with van der Waals surface area (Å²) in [6, 6.07) is 22.1. The van der Waals surface area contributed by atoms with Gasteiger partial charge in [0.25, 0.3) is 5.91 Å². The molecule has 0 saturated heterocycles. The van der Waals surface area contributed by atoms with Crippen LogP contribution in [-0.4, -0.2) is 38.1 Å². The Hall–Kier alpha value is -3.32. The molecule has 0 aliphatic carbocycles. The number of amides is 1. The number of hydrogen-bond donors (Lipinski definition) is 1. The van der Waals surface area contributed by atoms with E-state index in [2.05, 4.69) is 45.4 Å². The molecule has 0 bridgehead atoms. The van der Waals surface area contributed by atoms with E-state index in [1.54, 1.807) is 18.2 Å². The van der Waals surface area contributed by atoms with Crippen LogP contribution in [0.5, 0.6) is 0 Å². The van der Waals surface area contributed by atoms with Crippen LogP contribution in [-0.2, 0) is 21.0 Å². The number of nitrogens with one attached hydrogen (secondary N) is 1. The third kappa shape index (κ3) is 6.26. The number of hydrogen-bond acceptors (Lipinski definition) is 5. The van der Waals surface area contributed by atoms with Gasteiger partial charge >= 0.3 is 5.97 Å². The molecule has 3 aromatic carbocycles. The molecule has 1 amide bonds. The molecule has 0 aromatic heterocycles. The molecule has 0 radical (unpaired) electrons. The zero-order valence-corrected chi connectivity index (χ0v) is 21.3. The zero-order chi connectivity index (χ0) is 25.5. The van der Waals surface area contributed by atoms with Crippen molar-refractivity contribution in [2.45, 2.75) is 18.9 Å². The fraction of sp³-hybridized carbons (Fsp3) is 0.214. The van der Waals surface area contributed by atoms with Crippen molar-refractivity contribution in [2.24, 2.45) is 0 Å². The second-order valence-electron chi connectivity index (χ2n) is 8.35. The lowest BCUT2D eigenvalue weighted by molar-refractivity contribution is -0.256. The molecule has 3 aromatic rings. The predicted molar refractivity (Wildman–Crippen MR) is 142 cm³/mol. The number of para-hydroxylation sites is 1. The van der Waals surface area contributed by atoms with Crippen molar-refractivity contribution >= 4 is 46.3 Å². The maximum Gasteiger partial charge on any atom is 0.364 e. The molecule has 1 heterocycles. The number of anilines is 1. The van der Waals surface area contributed by atoms with E-state index in [0.29, 0.717) is 0 Å². The molecule has 1 N–H and O–H groups in total. The summed E-state index contributed by atoms with van der Waals surface area (Å²) in [5.41, 5.74) is 4.59. The van der Waals surface area contributed by atoms with E-state index >= 15 is 0 Å². The second-order valence-corrected chi connectivity index (χ2v) is 9.17. The first-order valence-corrected chi connectivity index (χ1v) is 12.3. The van der Waals surface area contributed by atoms with E-state index in [0.717, 1.165) is 30.6 Å². The summed E-state index contributed by atoms with van der Waals surface area (Å²) in [5, 5.41) is 3.05. The summed E-state index contributed by atoms with van der Waals surface area (Å²) in [5.74, 6) is -1.30. The third-order valence-corrected chi connectivity index (χ3v) is 6.67. The second kappa shape index (κ2) is 12.1. The topological polar surface area (TPSA) is 67.9 Å². The van der Waals surface area contributed by atoms with Crippen molar-refractivity contribution in [3.05, 3.63) is 106 Å². The summed E-state index contributed by atoms with van der Waals surface area (Å²) < 4.78 is 0. The number of halogens is 2. The molecule has 0 spiro atoms. The van der Waals surface area contributed by atoms with E-state index in [1.807, 2.05) is 30.3 Å². The van der Waals surface area contributed by atoms with Crippen LogP contribution in [0.1, 0.15) is 27.9 Å². The Morgan fingerprint density at radius 2 is 1.67 bits per heavy atom. The number of carbonyl (C=O) groups is 2. The Bertz CT molecular complexity index is 1230. The van der Waals surface area contributed by atoms with E-state index in [9.17, 15) is 9.59 Å². The molecule has 186 valence electrons. The Kier molecular flexibility index (Phi) is 8.65. The summed E-state index contributed by atoms with van der Waals surface area (Å²) >= 11 is 12.3. The Morgan fingerprint density at radius 1 is 0.972 bits per heavy atom. The molecule has 1 aliphatic rings. The van der Waals surface area contributed by atoms with Gasteiger partial charge in [-0.15, -0.1) is 0 Å². The molecular weight excluding hydrogens is 499 g/mol. The number of nitrogens with zero attached hydrogens (tertiary/aromatic N) is 1. The summed E-state index contributed by atoms with van der Waals surface area (Å²) in [6.45, 7) is 1.79. The van der Waals surface area contributed by atoms with Crippen LogP contribution in [0.4, 0.5) is 5.69 Å². The van der Waals surface area contributed by atoms with Crippen LogP contribution in [0, 0.1) is 0 Å². The quantitative estimate of drug-likeness (QED) is 0.301. The normalized spacial score (nSPS) is 14.1. The van der Waals surface area contributed by atoms with Gasteiger partial charge in [0.2, 0.25) is 0 Å². The van der Waals surface area contributed by atoms with E-state index in [1.165, 1.54) is 18.4 Å². The van der Waals surface area contributed by atoms with Crippen molar-refractivity contribution in [3.8, 4) is 0 Å². The number of carbonyl (C=O) groups excluding carboxylic acids is 2. The smallest absolute Gasteiger partial charge is 0.364 e.